The quantitative estimate of drug-likeness (QED) is 0.421. The highest BCUT2D eigenvalue weighted by atomic mass is 16.5. The summed E-state index contributed by atoms with van der Waals surface area (Å²) >= 11 is 0. The minimum atomic E-state index is 0.0894. The molecule has 4 aromatic rings. The number of morpholine rings is 1. The van der Waals surface area contributed by atoms with Gasteiger partial charge < -0.3 is 19.4 Å². The lowest BCUT2D eigenvalue weighted by Crippen LogP contribution is -2.49. The van der Waals surface area contributed by atoms with Crippen LogP contribution in [0.15, 0.2) is 42.7 Å². The van der Waals surface area contributed by atoms with Gasteiger partial charge in [-0.1, -0.05) is 12.1 Å². The van der Waals surface area contributed by atoms with Crippen LogP contribution in [0.2, 0.25) is 0 Å². The van der Waals surface area contributed by atoms with Gasteiger partial charge in [0.2, 0.25) is 11.9 Å². The number of fused-ring (bicyclic) bond motifs is 1. The summed E-state index contributed by atoms with van der Waals surface area (Å²) in [5.74, 6) is 2.29. The number of hydrogen-bond acceptors (Lipinski definition) is 8. The summed E-state index contributed by atoms with van der Waals surface area (Å²) in [6, 6.07) is 9.97. The molecular formula is C25H29N9O2. The molecule has 1 amide bonds. The third-order valence-corrected chi connectivity index (χ3v) is 6.80. The Bertz CT molecular complexity index is 1390. The molecule has 0 atom stereocenters. The van der Waals surface area contributed by atoms with Crippen LogP contribution in [0, 0.1) is 0 Å². The van der Waals surface area contributed by atoms with Crippen LogP contribution in [-0.2, 0) is 16.1 Å². The van der Waals surface area contributed by atoms with Gasteiger partial charge in [-0.15, -0.1) is 0 Å². The first-order valence-corrected chi connectivity index (χ1v) is 12.3. The molecule has 0 unspecified atom stereocenters. The molecule has 11 nitrogen and oxygen atoms in total. The molecule has 6 rings (SSSR count). The van der Waals surface area contributed by atoms with Gasteiger partial charge in [0.05, 0.1) is 25.4 Å². The van der Waals surface area contributed by atoms with Gasteiger partial charge in [-0.3, -0.25) is 9.36 Å². The maximum Gasteiger partial charge on any atom is 0.242 e. The van der Waals surface area contributed by atoms with E-state index in [-0.39, 0.29) is 5.91 Å². The molecule has 1 aromatic carbocycles. The monoisotopic (exact) mass is 487 g/mol. The minimum absolute atomic E-state index is 0.0894. The van der Waals surface area contributed by atoms with Gasteiger partial charge in [0.15, 0.2) is 22.8 Å². The minimum Gasteiger partial charge on any atom is -0.378 e. The number of benzene rings is 1. The fourth-order valence-electron chi connectivity index (χ4n) is 4.77. The Hall–Kier alpha value is -3.99. The van der Waals surface area contributed by atoms with Crippen molar-refractivity contribution >= 4 is 28.8 Å². The van der Waals surface area contributed by atoms with Gasteiger partial charge in [-0.2, -0.15) is 5.10 Å². The Balaban J connectivity index is 1.51. The Labute approximate surface area is 208 Å². The number of ether oxygens (including phenoxy) is 1. The maximum absolute atomic E-state index is 12.5. The highest BCUT2D eigenvalue weighted by Gasteiger charge is 2.28. The molecule has 5 heterocycles. The highest BCUT2D eigenvalue weighted by molar-refractivity contribution is 5.89. The predicted molar refractivity (Wildman–Crippen MR) is 136 cm³/mol. The lowest BCUT2D eigenvalue weighted by Gasteiger charge is -2.32. The summed E-state index contributed by atoms with van der Waals surface area (Å²) in [6.45, 7) is 7.22. The van der Waals surface area contributed by atoms with Crippen LogP contribution in [0.25, 0.3) is 28.2 Å². The normalized spacial score (nSPS) is 16.8. The van der Waals surface area contributed by atoms with Crippen LogP contribution >= 0.6 is 0 Å². The molecule has 2 aliphatic heterocycles. The van der Waals surface area contributed by atoms with Crippen molar-refractivity contribution in [1.29, 1.82) is 0 Å². The van der Waals surface area contributed by atoms with Crippen molar-refractivity contribution in [2.45, 2.75) is 13.5 Å². The third-order valence-electron chi connectivity index (χ3n) is 6.80. The number of carbonyl (C=O) groups is 1. The summed E-state index contributed by atoms with van der Waals surface area (Å²) in [7, 11) is 1.84. The number of imidazole rings is 1. The van der Waals surface area contributed by atoms with Crippen molar-refractivity contribution in [2.75, 3.05) is 62.8 Å². The summed E-state index contributed by atoms with van der Waals surface area (Å²) in [4.78, 5) is 33.6. The molecule has 36 heavy (non-hydrogen) atoms. The number of aromatic nitrogens is 6. The summed E-state index contributed by atoms with van der Waals surface area (Å²) in [5.41, 5.74) is 3.37. The number of rotatable bonds is 5. The Morgan fingerprint density at radius 1 is 1.00 bits per heavy atom. The van der Waals surface area contributed by atoms with E-state index in [1.165, 1.54) is 0 Å². The van der Waals surface area contributed by atoms with Crippen molar-refractivity contribution < 1.29 is 9.53 Å². The van der Waals surface area contributed by atoms with E-state index in [2.05, 4.69) is 26.4 Å². The molecule has 0 bridgehead atoms. The molecule has 0 aliphatic carbocycles. The van der Waals surface area contributed by atoms with Gasteiger partial charge in [0.1, 0.15) is 0 Å². The second-order valence-electron chi connectivity index (χ2n) is 9.04. The molecule has 0 spiro atoms. The van der Waals surface area contributed by atoms with E-state index in [0.29, 0.717) is 38.7 Å². The fraction of sp³-hybridized carbons (Fsp3) is 0.400. The lowest BCUT2D eigenvalue weighted by molar-refractivity contribution is -0.129. The molecule has 11 heteroatoms. The number of hydrogen-bond donors (Lipinski definition) is 0. The molecule has 2 fully saturated rings. The molecule has 0 radical (unpaired) electrons. The number of nitrogens with zero attached hydrogens (tertiary/aromatic N) is 9. The lowest BCUT2D eigenvalue weighted by atomic mass is 10.2. The van der Waals surface area contributed by atoms with Crippen molar-refractivity contribution in [2.24, 2.45) is 0 Å². The molecule has 0 saturated carbocycles. The molecular weight excluding hydrogens is 458 g/mol. The van der Waals surface area contributed by atoms with E-state index >= 15 is 0 Å². The van der Waals surface area contributed by atoms with Crippen LogP contribution < -0.4 is 9.80 Å². The SMILES string of the molecule is CCn1c(N2CCN(C)C(=O)C2)nc2c(N3CCOCC3)nc(-c3cccc(-n4cccn4)c3)nc21. The first-order valence-electron chi connectivity index (χ1n) is 12.3. The smallest absolute Gasteiger partial charge is 0.242 e. The first kappa shape index (κ1) is 22.5. The van der Waals surface area contributed by atoms with E-state index in [9.17, 15) is 4.79 Å². The van der Waals surface area contributed by atoms with Crippen LogP contribution in [0.3, 0.4) is 0 Å². The number of carbonyl (C=O) groups excluding carboxylic acids is 1. The van der Waals surface area contributed by atoms with Gasteiger partial charge in [-0.05, 0) is 25.1 Å². The van der Waals surface area contributed by atoms with Gasteiger partial charge in [0, 0.05) is 57.7 Å². The number of aryl methyl sites for hydroxylation is 1. The summed E-state index contributed by atoms with van der Waals surface area (Å²) < 4.78 is 9.52. The number of amides is 1. The zero-order valence-electron chi connectivity index (χ0n) is 20.5. The standard InChI is InChI=1S/C25H29N9O2/c1-3-33-24-21(27-25(33)32-11-10-30(2)20(35)17-32)23(31-12-14-36-15-13-31)28-22(29-24)18-6-4-7-19(16-18)34-9-5-8-26-34/h4-9,16H,3,10-15,17H2,1-2H3. The zero-order chi connectivity index (χ0) is 24.6. The van der Waals surface area contributed by atoms with Gasteiger partial charge in [0.25, 0.3) is 0 Å². The van der Waals surface area contributed by atoms with Crippen LogP contribution in [0.4, 0.5) is 11.8 Å². The largest absolute Gasteiger partial charge is 0.378 e. The number of likely N-dealkylation sites (N-methyl/N-ethyl adjacent to an activating group) is 1. The topological polar surface area (TPSA) is 97.4 Å². The fourth-order valence-corrected chi connectivity index (χ4v) is 4.77. The Morgan fingerprint density at radius 2 is 1.86 bits per heavy atom. The van der Waals surface area contributed by atoms with E-state index in [1.807, 2.05) is 48.3 Å². The number of anilines is 2. The average Bonchev–Trinajstić information content (AvgIpc) is 3.59. The summed E-state index contributed by atoms with van der Waals surface area (Å²) in [5, 5.41) is 4.36. The van der Waals surface area contributed by atoms with Crippen LogP contribution in [0.5, 0.6) is 0 Å². The Morgan fingerprint density at radius 3 is 2.61 bits per heavy atom. The van der Waals surface area contributed by atoms with E-state index < -0.39 is 0 Å². The second-order valence-corrected chi connectivity index (χ2v) is 9.04. The molecule has 186 valence electrons. The first-order chi connectivity index (χ1) is 17.6. The molecule has 0 N–H and O–H groups in total. The van der Waals surface area contributed by atoms with Crippen molar-refractivity contribution in [1.82, 2.24) is 34.2 Å². The summed E-state index contributed by atoms with van der Waals surface area (Å²) in [6.07, 6.45) is 3.67. The average molecular weight is 488 g/mol. The Kier molecular flexibility index (Phi) is 5.76. The van der Waals surface area contributed by atoms with Crippen LogP contribution in [-0.4, -0.2) is 93.1 Å². The van der Waals surface area contributed by atoms with E-state index in [1.54, 1.807) is 11.1 Å². The molecule has 3 aromatic heterocycles. The molecule has 2 saturated heterocycles. The predicted octanol–water partition coefficient (Wildman–Crippen LogP) is 1.81. The van der Waals surface area contributed by atoms with E-state index in [0.717, 1.165) is 53.8 Å². The second kappa shape index (κ2) is 9.23. The van der Waals surface area contributed by atoms with Crippen molar-refractivity contribution in [3.63, 3.8) is 0 Å². The van der Waals surface area contributed by atoms with Crippen molar-refractivity contribution in [3.8, 4) is 17.1 Å². The maximum atomic E-state index is 12.5. The third kappa shape index (κ3) is 3.95. The number of piperazine rings is 1. The highest BCUT2D eigenvalue weighted by Crippen LogP contribution is 2.32. The van der Waals surface area contributed by atoms with Crippen LogP contribution in [0.1, 0.15) is 6.92 Å². The zero-order valence-corrected chi connectivity index (χ0v) is 20.5. The molecule has 2 aliphatic rings. The van der Waals surface area contributed by atoms with Gasteiger partial charge in [-0.25, -0.2) is 19.6 Å². The van der Waals surface area contributed by atoms with E-state index in [4.69, 9.17) is 19.7 Å². The van der Waals surface area contributed by atoms with Crippen molar-refractivity contribution in [3.05, 3.63) is 42.7 Å². The van der Waals surface area contributed by atoms with Gasteiger partial charge >= 0.3 is 0 Å².